The van der Waals surface area contributed by atoms with Crippen molar-refractivity contribution in [3.63, 3.8) is 0 Å². The molecule has 0 unspecified atom stereocenters. The highest BCUT2D eigenvalue weighted by Crippen LogP contribution is 2.42. The molecule has 4 rings (SSSR count). The number of hydrogen-bond donors (Lipinski definition) is 1. The van der Waals surface area contributed by atoms with Gasteiger partial charge in [0.15, 0.2) is 0 Å². The molecule has 0 saturated carbocycles. The summed E-state index contributed by atoms with van der Waals surface area (Å²) in [5, 5.41) is 3.04. The number of amides is 2. The molecule has 1 aliphatic heterocycles. The van der Waals surface area contributed by atoms with Crippen LogP contribution in [0.4, 0.5) is 10.1 Å². The molecule has 1 fully saturated rings. The standard InChI is InChI=1S/C26H29FN2O3/c1-32-22-13-11-21(12-14-22)29-24(30)17-23(25(29)19-7-9-20(27)10-8-19)26(31)28-16-15-18-5-3-2-4-6-18/h5,7-14,23,25H,2-4,6,15-17H2,1H3,(H,28,31)/t23-,25+/m0/s1. The maximum absolute atomic E-state index is 13.6. The fourth-order valence-electron chi connectivity index (χ4n) is 4.67. The first-order valence-corrected chi connectivity index (χ1v) is 11.2. The number of rotatable bonds is 7. The van der Waals surface area contributed by atoms with E-state index in [1.165, 1.54) is 30.5 Å². The zero-order valence-corrected chi connectivity index (χ0v) is 18.4. The molecule has 2 aromatic rings. The zero-order chi connectivity index (χ0) is 22.5. The van der Waals surface area contributed by atoms with Gasteiger partial charge in [-0.05, 0) is 74.1 Å². The van der Waals surface area contributed by atoms with Crippen molar-refractivity contribution in [2.75, 3.05) is 18.6 Å². The maximum Gasteiger partial charge on any atom is 0.228 e. The molecule has 5 nitrogen and oxygen atoms in total. The van der Waals surface area contributed by atoms with E-state index in [4.69, 9.17) is 4.74 Å². The number of hydrogen-bond acceptors (Lipinski definition) is 3. The fourth-order valence-corrected chi connectivity index (χ4v) is 4.67. The van der Waals surface area contributed by atoms with Crippen LogP contribution >= 0.6 is 0 Å². The second-order valence-corrected chi connectivity index (χ2v) is 8.42. The van der Waals surface area contributed by atoms with Gasteiger partial charge in [-0.15, -0.1) is 0 Å². The van der Waals surface area contributed by atoms with Gasteiger partial charge in [0.05, 0.1) is 19.1 Å². The first-order valence-electron chi connectivity index (χ1n) is 11.2. The molecule has 2 atom stereocenters. The van der Waals surface area contributed by atoms with Crippen molar-refractivity contribution in [1.29, 1.82) is 0 Å². The number of nitrogens with zero attached hydrogens (tertiary/aromatic N) is 1. The number of anilines is 1. The number of benzene rings is 2. The van der Waals surface area contributed by atoms with Crippen molar-refractivity contribution in [2.24, 2.45) is 5.92 Å². The second kappa shape index (κ2) is 9.98. The van der Waals surface area contributed by atoms with Gasteiger partial charge in [-0.25, -0.2) is 4.39 Å². The molecule has 0 aromatic heterocycles. The highest BCUT2D eigenvalue weighted by molar-refractivity contribution is 6.01. The first-order chi connectivity index (χ1) is 15.6. The number of carbonyl (C=O) groups excluding carboxylic acids is 2. The Morgan fingerprint density at radius 2 is 1.88 bits per heavy atom. The third-order valence-corrected chi connectivity index (χ3v) is 6.35. The fraction of sp³-hybridized carbons (Fsp3) is 0.385. The highest BCUT2D eigenvalue weighted by Gasteiger charge is 2.45. The van der Waals surface area contributed by atoms with E-state index in [0.29, 0.717) is 18.0 Å². The minimum atomic E-state index is -0.546. The van der Waals surface area contributed by atoms with Crippen molar-refractivity contribution in [1.82, 2.24) is 5.32 Å². The summed E-state index contributed by atoms with van der Waals surface area (Å²) < 4.78 is 18.8. The zero-order valence-electron chi connectivity index (χ0n) is 18.4. The van der Waals surface area contributed by atoms with Gasteiger partial charge in [0.25, 0.3) is 0 Å². The number of methoxy groups -OCH3 is 1. The van der Waals surface area contributed by atoms with Gasteiger partial charge in [-0.3, -0.25) is 9.59 Å². The molecule has 0 spiro atoms. The Kier molecular flexibility index (Phi) is 6.88. The predicted molar refractivity (Wildman–Crippen MR) is 122 cm³/mol. The van der Waals surface area contributed by atoms with Crippen LogP contribution in [-0.4, -0.2) is 25.5 Å². The average molecular weight is 437 g/mol. The molecule has 1 aliphatic carbocycles. The van der Waals surface area contributed by atoms with Crippen LogP contribution in [0.1, 0.15) is 50.1 Å². The largest absolute Gasteiger partial charge is 0.497 e. The van der Waals surface area contributed by atoms with Crippen molar-refractivity contribution < 1.29 is 18.7 Å². The summed E-state index contributed by atoms with van der Waals surface area (Å²) in [5.41, 5.74) is 2.82. The van der Waals surface area contributed by atoms with Gasteiger partial charge in [0.2, 0.25) is 11.8 Å². The van der Waals surface area contributed by atoms with Gasteiger partial charge in [-0.2, -0.15) is 0 Å². The number of allylic oxidation sites excluding steroid dienone is 1. The minimum Gasteiger partial charge on any atom is -0.497 e. The van der Waals surface area contributed by atoms with Crippen molar-refractivity contribution in [3.05, 3.63) is 71.6 Å². The molecule has 2 amide bonds. The summed E-state index contributed by atoms with van der Waals surface area (Å²) in [5.74, 6) is -0.476. The summed E-state index contributed by atoms with van der Waals surface area (Å²) in [4.78, 5) is 27.9. The molecule has 6 heteroatoms. The lowest BCUT2D eigenvalue weighted by molar-refractivity contribution is -0.126. The number of carbonyl (C=O) groups is 2. The SMILES string of the molecule is COc1ccc(N2C(=O)C[C@H](C(=O)NCCC3=CCCCC3)[C@H]2c2ccc(F)cc2)cc1. The predicted octanol–water partition coefficient (Wildman–Crippen LogP) is 4.94. The summed E-state index contributed by atoms with van der Waals surface area (Å²) >= 11 is 0. The van der Waals surface area contributed by atoms with Crippen molar-refractivity contribution in [3.8, 4) is 5.75 Å². The molecule has 0 radical (unpaired) electrons. The van der Waals surface area contributed by atoms with Crippen LogP contribution in [0.25, 0.3) is 0 Å². The van der Waals surface area contributed by atoms with E-state index < -0.39 is 12.0 Å². The van der Waals surface area contributed by atoms with Crippen LogP contribution < -0.4 is 15.0 Å². The van der Waals surface area contributed by atoms with E-state index >= 15 is 0 Å². The smallest absolute Gasteiger partial charge is 0.228 e. The Morgan fingerprint density at radius 3 is 2.53 bits per heavy atom. The lowest BCUT2D eigenvalue weighted by atomic mass is 9.92. The first kappa shape index (κ1) is 22.1. The van der Waals surface area contributed by atoms with Crippen molar-refractivity contribution in [2.45, 2.75) is 44.6 Å². The Morgan fingerprint density at radius 1 is 1.12 bits per heavy atom. The van der Waals surface area contributed by atoms with E-state index in [9.17, 15) is 14.0 Å². The molecular formula is C26H29FN2O3. The van der Waals surface area contributed by atoms with E-state index in [2.05, 4.69) is 11.4 Å². The van der Waals surface area contributed by atoms with Gasteiger partial charge in [0.1, 0.15) is 11.6 Å². The van der Waals surface area contributed by atoms with Gasteiger partial charge in [0, 0.05) is 18.7 Å². The van der Waals surface area contributed by atoms with Crippen LogP contribution in [0, 0.1) is 11.7 Å². The van der Waals surface area contributed by atoms with E-state index in [1.807, 2.05) is 12.1 Å². The average Bonchev–Trinajstić information content (AvgIpc) is 3.17. The van der Waals surface area contributed by atoms with Crippen LogP contribution in [0.5, 0.6) is 5.75 Å². The van der Waals surface area contributed by atoms with Crippen molar-refractivity contribution >= 4 is 17.5 Å². The van der Waals surface area contributed by atoms with Gasteiger partial charge < -0.3 is 15.0 Å². The molecule has 1 heterocycles. The number of halogens is 1. The lowest BCUT2D eigenvalue weighted by Crippen LogP contribution is -2.36. The number of nitrogens with one attached hydrogen (secondary N) is 1. The second-order valence-electron chi connectivity index (χ2n) is 8.42. The Labute approximate surface area is 188 Å². The molecule has 1 N–H and O–H groups in total. The van der Waals surface area contributed by atoms with Gasteiger partial charge >= 0.3 is 0 Å². The Hall–Kier alpha value is -3.15. The number of ether oxygens (including phenoxy) is 1. The lowest BCUT2D eigenvalue weighted by Gasteiger charge is -2.28. The minimum absolute atomic E-state index is 0.114. The Balaban J connectivity index is 1.55. The molecule has 32 heavy (non-hydrogen) atoms. The molecule has 2 aromatic carbocycles. The molecule has 1 saturated heterocycles. The van der Waals surface area contributed by atoms with E-state index in [0.717, 1.165) is 24.8 Å². The molecule has 0 bridgehead atoms. The highest BCUT2D eigenvalue weighted by atomic mass is 19.1. The summed E-state index contributed by atoms with van der Waals surface area (Å²) in [6.45, 7) is 0.564. The topological polar surface area (TPSA) is 58.6 Å². The molecule has 168 valence electrons. The van der Waals surface area contributed by atoms with E-state index in [1.54, 1.807) is 36.3 Å². The summed E-state index contributed by atoms with van der Waals surface area (Å²) in [6, 6.07) is 12.7. The van der Waals surface area contributed by atoms with Gasteiger partial charge in [-0.1, -0.05) is 23.8 Å². The van der Waals surface area contributed by atoms with E-state index in [-0.39, 0.29) is 24.1 Å². The monoisotopic (exact) mass is 436 g/mol. The van der Waals surface area contributed by atoms with Crippen LogP contribution in [0.2, 0.25) is 0 Å². The molecule has 2 aliphatic rings. The summed E-state index contributed by atoms with van der Waals surface area (Å²) in [7, 11) is 1.58. The third-order valence-electron chi connectivity index (χ3n) is 6.35. The quantitative estimate of drug-likeness (QED) is 0.626. The molecular weight excluding hydrogens is 407 g/mol. The van der Waals surface area contributed by atoms with Crippen LogP contribution in [-0.2, 0) is 9.59 Å². The maximum atomic E-state index is 13.6. The third kappa shape index (κ3) is 4.85. The summed E-state index contributed by atoms with van der Waals surface area (Å²) in [6.07, 6.45) is 7.89. The normalized spacial score (nSPS) is 20.8. The van der Waals surface area contributed by atoms with Crippen LogP contribution in [0.15, 0.2) is 60.2 Å². The van der Waals surface area contributed by atoms with Crippen LogP contribution in [0.3, 0.4) is 0 Å². The Bertz CT molecular complexity index is 985.